The van der Waals surface area contributed by atoms with E-state index in [-0.39, 0.29) is 0 Å². The van der Waals surface area contributed by atoms with E-state index < -0.39 is 17.9 Å². The van der Waals surface area contributed by atoms with Gasteiger partial charge in [-0.3, -0.25) is 0 Å². The molecule has 0 saturated carbocycles. The molecule has 1 aliphatic heterocycles. The average molecular weight is 522 g/mol. The molecule has 2 heterocycles. The molecular formula is C26H24BrN3O4. The maximum atomic E-state index is 13.0. The molecule has 0 atom stereocenters. The van der Waals surface area contributed by atoms with Crippen LogP contribution in [-0.4, -0.2) is 35.9 Å². The van der Waals surface area contributed by atoms with E-state index in [1.54, 1.807) is 18.5 Å². The Morgan fingerprint density at radius 1 is 0.912 bits per heavy atom. The number of dihydropyridines is 1. The van der Waals surface area contributed by atoms with Gasteiger partial charge in [0.1, 0.15) is 0 Å². The minimum Gasteiger partial charge on any atom is -0.466 e. The molecule has 0 fully saturated rings. The molecule has 0 amide bonds. The van der Waals surface area contributed by atoms with Gasteiger partial charge < -0.3 is 14.8 Å². The Bertz CT molecular complexity index is 1270. The topological polar surface area (TPSA) is 82.5 Å². The molecule has 34 heavy (non-hydrogen) atoms. The first-order valence-corrected chi connectivity index (χ1v) is 11.4. The quantitative estimate of drug-likeness (QED) is 0.481. The van der Waals surface area contributed by atoms with E-state index in [1.807, 2.05) is 60.8 Å². The van der Waals surface area contributed by atoms with Crippen LogP contribution in [0.5, 0.6) is 0 Å². The number of ether oxygens (including phenoxy) is 2. The summed E-state index contributed by atoms with van der Waals surface area (Å²) in [4.78, 5) is 25.9. The number of para-hydroxylation sites is 1. The minimum absolute atomic E-state index is 0.333. The van der Waals surface area contributed by atoms with E-state index in [2.05, 4.69) is 21.2 Å². The molecule has 4 rings (SSSR count). The summed E-state index contributed by atoms with van der Waals surface area (Å²) in [7, 11) is 2.65. The van der Waals surface area contributed by atoms with Crippen LogP contribution in [0.15, 0.2) is 87.8 Å². The van der Waals surface area contributed by atoms with Crippen molar-refractivity contribution in [3.63, 3.8) is 0 Å². The van der Waals surface area contributed by atoms with Gasteiger partial charge in [0.15, 0.2) is 0 Å². The summed E-state index contributed by atoms with van der Waals surface area (Å²) in [5.41, 5.74) is 4.90. The van der Waals surface area contributed by atoms with Gasteiger partial charge in [-0.25, -0.2) is 14.3 Å². The molecule has 0 unspecified atom stereocenters. The number of benzene rings is 2. The molecule has 1 N–H and O–H groups in total. The molecule has 0 bridgehead atoms. The molecule has 0 saturated heterocycles. The summed E-state index contributed by atoms with van der Waals surface area (Å²) in [6, 6.07) is 17.4. The smallest absolute Gasteiger partial charge is 0.336 e. The van der Waals surface area contributed by atoms with Crippen LogP contribution in [0.25, 0.3) is 16.9 Å². The van der Waals surface area contributed by atoms with Crippen LogP contribution in [-0.2, 0) is 19.1 Å². The highest BCUT2D eigenvalue weighted by Crippen LogP contribution is 2.43. The third kappa shape index (κ3) is 4.28. The summed E-state index contributed by atoms with van der Waals surface area (Å²) in [5, 5.41) is 8.02. The summed E-state index contributed by atoms with van der Waals surface area (Å²) in [6.45, 7) is 3.58. The monoisotopic (exact) mass is 521 g/mol. The Kier molecular flexibility index (Phi) is 6.70. The molecule has 0 spiro atoms. The Morgan fingerprint density at radius 2 is 1.47 bits per heavy atom. The van der Waals surface area contributed by atoms with Crippen LogP contribution in [0, 0.1) is 0 Å². The number of methoxy groups -OCH3 is 2. The highest BCUT2D eigenvalue weighted by atomic mass is 79.9. The number of carbonyl (C=O) groups excluding carboxylic acids is 2. The Balaban J connectivity index is 2.02. The number of nitrogens with one attached hydrogen (secondary N) is 1. The lowest BCUT2D eigenvalue weighted by atomic mass is 9.79. The van der Waals surface area contributed by atoms with Gasteiger partial charge in [0.2, 0.25) is 0 Å². The first kappa shape index (κ1) is 23.5. The minimum atomic E-state index is -0.739. The third-order valence-corrected chi connectivity index (χ3v) is 6.29. The van der Waals surface area contributed by atoms with E-state index in [0.29, 0.717) is 33.8 Å². The van der Waals surface area contributed by atoms with E-state index in [9.17, 15) is 9.59 Å². The zero-order chi connectivity index (χ0) is 24.4. The van der Waals surface area contributed by atoms with Crippen LogP contribution < -0.4 is 5.32 Å². The van der Waals surface area contributed by atoms with Gasteiger partial charge in [-0.1, -0.05) is 46.3 Å². The maximum Gasteiger partial charge on any atom is 0.336 e. The van der Waals surface area contributed by atoms with E-state index >= 15 is 0 Å². The zero-order valence-electron chi connectivity index (χ0n) is 19.3. The van der Waals surface area contributed by atoms with Gasteiger partial charge in [0, 0.05) is 33.2 Å². The molecular weight excluding hydrogens is 498 g/mol. The molecule has 0 aliphatic carbocycles. The van der Waals surface area contributed by atoms with Crippen LogP contribution in [0.2, 0.25) is 0 Å². The lowest BCUT2D eigenvalue weighted by Crippen LogP contribution is -2.32. The molecule has 1 aromatic heterocycles. The van der Waals surface area contributed by atoms with Crippen molar-refractivity contribution >= 4 is 27.9 Å². The Hall–Kier alpha value is -3.65. The van der Waals surface area contributed by atoms with Crippen molar-refractivity contribution in [3.05, 3.63) is 93.4 Å². The van der Waals surface area contributed by atoms with Crippen molar-refractivity contribution in [1.29, 1.82) is 0 Å². The largest absolute Gasteiger partial charge is 0.466 e. The molecule has 7 nitrogen and oxygen atoms in total. The molecule has 2 aromatic carbocycles. The van der Waals surface area contributed by atoms with Crippen LogP contribution in [0.3, 0.4) is 0 Å². The number of hydrogen-bond donors (Lipinski definition) is 1. The molecule has 8 heteroatoms. The van der Waals surface area contributed by atoms with Crippen molar-refractivity contribution in [1.82, 2.24) is 15.1 Å². The van der Waals surface area contributed by atoms with Crippen LogP contribution >= 0.6 is 15.9 Å². The van der Waals surface area contributed by atoms with Gasteiger partial charge in [0.05, 0.1) is 42.7 Å². The predicted molar refractivity (Wildman–Crippen MR) is 132 cm³/mol. The fraction of sp³-hybridized carbons (Fsp3) is 0.192. The number of esters is 2. The zero-order valence-corrected chi connectivity index (χ0v) is 20.8. The number of halogens is 1. The van der Waals surface area contributed by atoms with Crippen molar-refractivity contribution in [2.75, 3.05) is 14.2 Å². The lowest BCUT2D eigenvalue weighted by Gasteiger charge is -2.29. The Labute approximate surface area is 206 Å². The summed E-state index contributed by atoms with van der Waals surface area (Å²) in [5.74, 6) is -1.80. The Morgan fingerprint density at radius 3 is 2.00 bits per heavy atom. The van der Waals surface area contributed by atoms with Gasteiger partial charge in [-0.15, -0.1) is 0 Å². The molecule has 0 radical (unpaired) electrons. The maximum absolute atomic E-state index is 13.0. The number of aromatic nitrogens is 2. The second-order valence-electron chi connectivity index (χ2n) is 7.84. The summed E-state index contributed by atoms with van der Waals surface area (Å²) < 4.78 is 12.9. The van der Waals surface area contributed by atoms with Gasteiger partial charge in [0.25, 0.3) is 0 Å². The molecule has 3 aromatic rings. The van der Waals surface area contributed by atoms with Gasteiger partial charge >= 0.3 is 11.9 Å². The third-order valence-electron chi connectivity index (χ3n) is 5.76. The number of carbonyl (C=O) groups is 2. The van der Waals surface area contributed by atoms with Crippen LogP contribution in [0.1, 0.15) is 25.3 Å². The molecule has 174 valence electrons. The van der Waals surface area contributed by atoms with Crippen molar-refractivity contribution in [3.8, 4) is 16.9 Å². The van der Waals surface area contributed by atoms with Gasteiger partial charge in [-0.05, 0) is 38.1 Å². The number of allylic oxidation sites excluding steroid dienone is 2. The first-order chi connectivity index (χ1) is 16.3. The fourth-order valence-corrected chi connectivity index (χ4v) is 4.47. The highest BCUT2D eigenvalue weighted by Gasteiger charge is 2.40. The second kappa shape index (κ2) is 9.69. The van der Waals surface area contributed by atoms with E-state index in [0.717, 1.165) is 15.7 Å². The number of hydrogen-bond acceptors (Lipinski definition) is 6. The SMILES string of the molecule is COC(=O)C1=C(C)NC(C)=C(C(=O)OC)C1c1cn(-c2ccccc2)nc1-c1ccc(Br)cc1. The fourth-order valence-electron chi connectivity index (χ4n) is 4.21. The second-order valence-corrected chi connectivity index (χ2v) is 8.75. The lowest BCUT2D eigenvalue weighted by molar-refractivity contribution is -0.137. The van der Waals surface area contributed by atoms with Crippen LogP contribution in [0.4, 0.5) is 0 Å². The summed E-state index contributed by atoms with van der Waals surface area (Å²) in [6.07, 6.45) is 1.86. The van der Waals surface area contributed by atoms with E-state index in [1.165, 1.54) is 14.2 Å². The predicted octanol–water partition coefficient (Wildman–Crippen LogP) is 4.88. The average Bonchev–Trinajstić information content (AvgIpc) is 3.29. The standard InChI is InChI=1S/C26H24BrN3O4/c1-15-21(25(31)33-3)23(22(16(2)28-15)26(32)34-4)20-14-30(19-8-6-5-7-9-19)29-24(20)17-10-12-18(27)13-11-17/h5-14,23,28H,1-4H3. The highest BCUT2D eigenvalue weighted by molar-refractivity contribution is 9.10. The van der Waals surface area contributed by atoms with Crippen molar-refractivity contribution < 1.29 is 19.1 Å². The normalized spacial score (nSPS) is 14.1. The molecule has 1 aliphatic rings. The summed E-state index contributed by atoms with van der Waals surface area (Å²) >= 11 is 3.48. The number of nitrogens with zero attached hydrogens (tertiary/aromatic N) is 2. The number of rotatable bonds is 5. The van der Waals surface area contributed by atoms with Crippen molar-refractivity contribution in [2.45, 2.75) is 19.8 Å². The van der Waals surface area contributed by atoms with Crippen molar-refractivity contribution in [2.24, 2.45) is 0 Å². The first-order valence-electron chi connectivity index (χ1n) is 10.6. The van der Waals surface area contributed by atoms with E-state index in [4.69, 9.17) is 14.6 Å². The van der Waals surface area contributed by atoms with Gasteiger partial charge in [-0.2, -0.15) is 5.10 Å².